The number of para-hydroxylation sites is 1. The molecule has 846 valence electrons. The van der Waals surface area contributed by atoms with Crippen LogP contribution in [0.5, 0.6) is 5.75 Å². The van der Waals surface area contributed by atoms with E-state index >= 15 is 0 Å². The first-order valence-corrected chi connectivity index (χ1v) is 59.3. The van der Waals surface area contributed by atoms with Crippen LogP contribution in [0.4, 0.5) is 61.5 Å². The Labute approximate surface area is 859 Å². The van der Waals surface area contributed by atoms with Gasteiger partial charge in [-0.05, 0) is 270 Å². The van der Waals surface area contributed by atoms with Crippen LogP contribution in [0.25, 0.3) is 0 Å². The lowest BCUT2D eigenvalue weighted by atomic mass is 9.94. The Bertz CT molecular complexity index is 6020. The minimum absolute atomic E-state index is 0.0119. The molecule has 0 radical (unpaired) electrons. The molecule has 3 unspecified atom stereocenters. The molecule has 3 atom stereocenters. The van der Waals surface area contributed by atoms with Crippen molar-refractivity contribution in [3.8, 4) is 5.75 Å². The van der Waals surface area contributed by atoms with Gasteiger partial charge in [0, 0.05) is 53.9 Å². The first kappa shape index (κ1) is 138. The Kier molecular flexibility index (Phi) is 62.7. The van der Waals surface area contributed by atoms with Gasteiger partial charge in [-0.25, -0.2) is 35.1 Å². The third kappa shape index (κ3) is 72.0. The minimum Gasteiger partial charge on any atom is -0.406 e. The Morgan fingerprint density at radius 2 is 0.791 bits per heavy atom. The predicted octanol–water partition coefficient (Wildman–Crippen LogP) is 16.3. The number of rotatable bonds is 52. The minimum atomic E-state index is -4.76. The number of aryl methyl sites for hydroxylation is 1. The molecule has 0 aliphatic heterocycles. The van der Waals surface area contributed by atoms with Crippen molar-refractivity contribution in [1.29, 1.82) is 0 Å². The van der Waals surface area contributed by atoms with Crippen LogP contribution in [-0.4, -0.2) is 226 Å². The maximum atomic E-state index is 13.5. The summed E-state index contributed by atoms with van der Waals surface area (Å²) in [7, 11) is -32.1. The monoisotopic (exact) mass is 2290 g/mol. The van der Waals surface area contributed by atoms with Crippen molar-refractivity contribution in [1.82, 2.24) is 42.5 Å². The third-order valence-electron chi connectivity index (χ3n) is 21.0. The Balaban J connectivity index is 0.000000847. The number of ether oxygens (including phenoxy) is 1. The van der Waals surface area contributed by atoms with Crippen LogP contribution in [0, 0.1) is 41.8 Å². The fraction of sp³-hybridized carbons (Fsp3) is 0.548. The third-order valence-corrected chi connectivity index (χ3v) is 27.5. The van der Waals surface area contributed by atoms with Gasteiger partial charge in [0.2, 0.25) is 0 Å². The summed E-state index contributed by atoms with van der Waals surface area (Å²) in [5.41, 5.74) is 3.22. The number of hydrogen-bond donors (Lipinski definition) is 16. The van der Waals surface area contributed by atoms with Crippen LogP contribution in [0.2, 0.25) is 0 Å². The van der Waals surface area contributed by atoms with E-state index in [1.807, 2.05) is 40.7 Å². The summed E-state index contributed by atoms with van der Waals surface area (Å²) in [5, 5.41) is 24.1. The van der Waals surface area contributed by atoms with Crippen molar-refractivity contribution in [2.45, 2.75) is 225 Å². The highest BCUT2D eigenvalue weighted by atomic mass is 32.2. The smallest absolute Gasteiger partial charge is 0.406 e. The van der Waals surface area contributed by atoms with Crippen LogP contribution in [-0.2, 0) is 112 Å². The predicted molar refractivity (Wildman–Crippen MR) is 538 cm³/mol. The summed E-state index contributed by atoms with van der Waals surface area (Å²) < 4.78 is 419. The van der Waals surface area contributed by atoms with Gasteiger partial charge in [0.05, 0.1) is 52.4 Å². The van der Waals surface area contributed by atoms with E-state index in [1.54, 1.807) is 93.6 Å². The summed E-state index contributed by atoms with van der Waals surface area (Å²) in [5.74, 6) is -9.99. The molecule has 55 heteroatoms. The summed E-state index contributed by atoms with van der Waals surface area (Å²) in [4.78, 5) is 0. The van der Waals surface area contributed by atoms with Gasteiger partial charge in [0.25, 0.3) is 86.9 Å². The molecule has 148 heavy (non-hydrogen) atoms. The van der Waals surface area contributed by atoms with Gasteiger partial charge in [-0.2, -0.15) is 80.5 Å². The second-order valence-corrected chi connectivity index (χ2v) is 47.6. The first-order chi connectivity index (χ1) is 68.1. The maximum Gasteiger partial charge on any atom is 0.573 e. The summed E-state index contributed by atoms with van der Waals surface area (Å²) in [6, 6.07) is 38.4. The van der Waals surface area contributed by atoms with Crippen LogP contribution < -0.4 is 47.3 Å². The summed E-state index contributed by atoms with van der Waals surface area (Å²) in [6.45, 7) is 17.7. The average Bonchev–Trinajstić information content (AvgIpc) is 0.832. The molecule has 7 aromatic rings. The van der Waals surface area contributed by atoms with Gasteiger partial charge < -0.3 is 47.3 Å². The fourth-order valence-corrected chi connectivity index (χ4v) is 18.0. The molecule has 7 aromatic carbocycles. The van der Waals surface area contributed by atoms with Crippen LogP contribution in [0.15, 0.2) is 158 Å². The highest BCUT2D eigenvalue weighted by molar-refractivity contribution is 7.87. The van der Waals surface area contributed by atoms with E-state index in [1.165, 1.54) is 60.7 Å². The van der Waals surface area contributed by atoms with Gasteiger partial charge in [-0.3, -0.25) is 36.4 Å². The maximum absolute atomic E-state index is 13.5. The van der Waals surface area contributed by atoms with Crippen molar-refractivity contribution < 1.29 is 170 Å². The van der Waals surface area contributed by atoms with Crippen molar-refractivity contribution >= 4 is 80.9 Å². The standard InChI is InChI=1S/C14H20F3NO4S.4C12H18FNO3S.C11H13F4NO3S.C11H16FNO3S.C9H17F2NO3S/c1-13(2,18-8-5-9-23(19,20)21)10-11-6-3-4-7-12(11)22-14(15,16)17;1-12(2,10-4-6-11(13)7-5-10)14-8-3-9-18(15,16)17;1-2-12(10-4-6-11(13)7-5-10)14-8-3-9-18(15,16)17;1-2-12(10-5-3-6-11(13)9-10)14-7-4-8-18(15,16)17;1-2-12(10-6-3-4-7-11(10)13)14-8-5-9-18(15,16)17;12-10-6-8(2-3-9(10)11(13,14)15)7-16-4-1-5-20(17,18)19;1-9-7-10(3-4-11(9)12)8-13-5-2-6-17(14,15)16;10-9(11,7-16(13,14)15)6-12-8-4-2-1-3-5-8/h3-4,6-7,18H,5,8-10H2,1-2H3,(H,19,20,21);4-7,14H,3,8-9H2,1-2H3,(H,15,16,17);4-7,12,14H,2-3,8-9H2,1H3,(H,15,16,17);3,5-6,9,12,14H,2,4,7-8H2,1H3,(H,15,16,17);3-4,6-7,12,14H,2,5,8-9H2,1H3,(H,15,16,17);2-3,6,16H,1,4-5,7H2,(H,17,18,19);3-4,7,13H,2,5-6,8H2,1H3,(H,14,15,16);8,12H,1-7H2,(H,13,14,15). The molecule has 0 saturated heterocycles. The molecule has 0 amide bonds. The molecule has 0 spiro atoms. The molecule has 0 heterocycles. The first-order valence-electron chi connectivity index (χ1n) is 46.4. The molecule has 0 aromatic heterocycles. The molecule has 1 aliphatic rings. The highest BCUT2D eigenvalue weighted by Gasteiger charge is 2.37. The number of hydrogen-bond acceptors (Lipinski definition) is 25. The zero-order valence-corrected chi connectivity index (χ0v) is 89.5. The number of alkyl halides is 8. The molecule has 1 aliphatic carbocycles. The van der Waals surface area contributed by atoms with E-state index in [2.05, 4.69) is 47.3 Å². The van der Waals surface area contributed by atoms with E-state index in [-0.39, 0.29) is 131 Å². The van der Waals surface area contributed by atoms with Crippen molar-refractivity contribution in [3.05, 3.63) is 243 Å². The number of nitrogens with one attached hydrogen (secondary N) is 8. The van der Waals surface area contributed by atoms with Crippen LogP contribution in [0.3, 0.4) is 0 Å². The Hall–Kier alpha value is -7.68. The molecule has 1 fully saturated rings. The normalized spacial score (nSPS) is 13.7. The van der Waals surface area contributed by atoms with Crippen LogP contribution >= 0.6 is 0 Å². The van der Waals surface area contributed by atoms with Crippen molar-refractivity contribution in [2.75, 3.05) is 98.4 Å². The largest absolute Gasteiger partial charge is 0.573 e. The quantitative estimate of drug-likeness (QED) is 0.00956. The lowest BCUT2D eigenvalue weighted by Crippen LogP contribution is -2.43. The van der Waals surface area contributed by atoms with Crippen LogP contribution in [0.1, 0.15) is 213 Å². The lowest BCUT2D eigenvalue weighted by Gasteiger charge is -2.27. The fourth-order valence-electron chi connectivity index (χ4n) is 13.8. The number of benzene rings is 7. The van der Waals surface area contributed by atoms with Crippen molar-refractivity contribution in [3.63, 3.8) is 0 Å². The summed E-state index contributed by atoms with van der Waals surface area (Å²) in [6.07, 6.45) is -0.121. The Morgan fingerprint density at radius 1 is 0.385 bits per heavy atom. The van der Waals surface area contributed by atoms with Gasteiger partial charge >= 0.3 is 12.5 Å². The molecule has 0 bridgehead atoms. The molecular weight excluding hydrogens is 2150 g/mol. The topological polar surface area (TPSA) is 540 Å². The van der Waals surface area contributed by atoms with E-state index in [0.29, 0.717) is 113 Å². The molecular formula is C93H138F14N8O25S8. The zero-order valence-electron chi connectivity index (χ0n) is 82.9. The lowest BCUT2D eigenvalue weighted by molar-refractivity contribution is -0.275. The SMILES string of the molecule is CC(C)(Cc1ccccc1OC(F)(F)F)NCCCS(=O)(=O)O.CC(C)(NCCCS(=O)(=O)O)c1ccc(F)cc1.CCC(NCCCS(=O)(=O)O)c1ccc(F)cc1.CCC(NCCCS(=O)(=O)O)c1cccc(F)c1.CCC(NCCCS(=O)(=O)O)c1ccccc1F.Cc1cc(CNCCCS(=O)(=O)O)ccc1F.O=S(=O)(O)CC(F)(F)CNC1CCCCC1.O=S(=O)(O)CCCNCc1ccc(C(F)(F)F)c(F)c1. The van der Waals surface area contributed by atoms with E-state index < -0.39 is 134 Å². The van der Waals surface area contributed by atoms with Crippen molar-refractivity contribution in [2.24, 2.45) is 0 Å². The van der Waals surface area contributed by atoms with E-state index in [9.17, 15) is 129 Å². The Morgan fingerprint density at radius 3 is 1.21 bits per heavy atom. The van der Waals surface area contributed by atoms with Gasteiger partial charge in [0.1, 0.15) is 46.4 Å². The molecule has 16 N–H and O–H groups in total. The van der Waals surface area contributed by atoms with E-state index in [0.717, 1.165) is 79.3 Å². The van der Waals surface area contributed by atoms with Gasteiger partial charge in [-0.1, -0.05) is 131 Å². The zero-order chi connectivity index (χ0) is 113. The highest BCUT2D eigenvalue weighted by Crippen LogP contribution is 2.33. The van der Waals surface area contributed by atoms with Gasteiger partial charge in [-0.15, -0.1) is 13.2 Å². The molecule has 33 nitrogen and oxygen atoms in total. The van der Waals surface area contributed by atoms with Gasteiger partial charge in [0.15, 0.2) is 0 Å². The molecule has 1 saturated carbocycles. The average molecular weight is 2290 g/mol. The van der Waals surface area contributed by atoms with E-state index in [4.69, 9.17) is 36.4 Å². The second kappa shape index (κ2) is 67.1. The summed E-state index contributed by atoms with van der Waals surface area (Å²) >= 11 is 0. The number of halogens is 14. The molecule has 8 rings (SSSR count). The second-order valence-electron chi connectivity index (χ2n) is 35.1.